The third-order valence-corrected chi connectivity index (χ3v) is 3.68. The standard InChI is InChI=1S/C20H22N2O4/c1-3-26-20(25)15-8-6-9-16(13-15)22-18(23)11-12-21-19(24)17-10-5-4-7-14(17)2/h4-10,13H,3,11-12H2,1-2H3,(H,21,24)(H,22,23). The van der Waals surface area contributed by atoms with Gasteiger partial charge in [0, 0.05) is 24.2 Å². The van der Waals surface area contributed by atoms with E-state index in [1.807, 2.05) is 19.1 Å². The van der Waals surface area contributed by atoms with Gasteiger partial charge >= 0.3 is 5.97 Å². The van der Waals surface area contributed by atoms with Crippen LogP contribution in [0.2, 0.25) is 0 Å². The fourth-order valence-corrected chi connectivity index (χ4v) is 2.37. The van der Waals surface area contributed by atoms with Crippen LogP contribution in [0, 0.1) is 6.92 Å². The molecule has 0 aliphatic rings. The number of rotatable bonds is 7. The zero-order chi connectivity index (χ0) is 18.9. The van der Waals surface area contributed by atoms with Gasteiger partial charge in [-0.2, -0.15) is 0 Å². The average Bonchev–Trinajstić information content (AvgIpc) is 2.62. The minimum absolute atomic E-state index is 0.126. The van der Waals surface area contributed by atoms with Crippen molar-refractivity contribution in [2.45, 2.75) is 20.3 Å². The third-order valence-electron chi connectivity index (χ3n) is 3.68. The quantitative estimate of drug-likeness (QED) is 0.749. The van der Waals surface area contributed by atoms with Gasteiger partial charge in [-0.15, -0.1) is 0 Å². The van der Waals surface area contributed by atoms with Crippen molar-refractivity contribution in [2.24, 2.45) is 0 Å². The van der Waals surface area contributed by atoms with Crippen molar-refractivity contribution in [3.05, 3.63) is 65.2 Å². The van der Waals surface area contributed by atoms with Gasteiger partial charge in [0.05, 0.1) is 12.2 Å². The fraction of sp³-hybridized carbons (Fsp3) is 0.250. The van der Waals surface area contributed by atoms with Crippen LogP contribution in [-0.2, 0) is 9.53 Å². The molecule has 26 heavy (non-hydrogen) atoms. The van der Waals surface area contributed by atoms with Gasteiger partial charge in [-0.25, -0.2) is 4.79 Å². The summed E-state index contributed by atoms with van der Waals surface area (Å²) in [6.07, 6.45) is 0.126. The Bertz CT molecular complexity index is 802. The van der Waals surface area contributed by atoms with Gasteiger partial charge in [0.2, 0.25) is 5.91 Å². The van der Waals surface area contributed by atoms with Crippen LogP contribution in [0.4, 0.5) is 5.69 Å². The van der Waals surface area contributed by atoms with Crippen molar-refractivity contribution in [1.82, 2.24) is 5.32 Å². The maximum absolute atomic E-state index is 12.1. The van der Waals surface area contributed by atoms with Crippen molar-refractivity contribution >= 4 is 23.5 Å². The normalized spacial score (nSPS) is 10.1. The molecule has 0 spiro atoms. The Kier molecular flexibility index (Phi) is 6.91. The zero-order valence-corrected chi connectivity index (χ0v) is 14.9. The molecule has 6 heteroatoms. The smallest absolute Gasteiger partial charge is 0.338 e. The Hall–Kier alpha value is -3.15. The molecule has 0 radical (unpaired) electrons. The molecule has 0 atom stereocenters. The molecule has 2 amide bonds. The molecule has 0 aliphatic heterocycles. The van der Waals surface area contributed by atoms with Crippen molar-refractivity contribution in [3.8, 4) is 0 Å². The van der Waals surface area contributed by atoms with Gasteiger partial charge in [0.1, 0.15) is 0 Å². The van der Waals surface area contributed by atoms with E-state index in [0.717, 1.165) is 5.56 Å². The number of hydrogen-bond acceptors (Lipinski definition) is 4. The lowest BCUT2D eigenvalue weighted by molar-refractivity contribution is -0.116. The maximum Gasteiger partial charge on any atom is 0.338 e. The molecule has 6 nitrogen and oxygen atoms in total. The topological polar surface area (TPSA) is 84.5 Å². The fourth-order valence-electron chi connectivity index (χ4n) is 2.37. The second-order valence-corrected chi connectivity index (χ2v) is 5.67. The van der Waals surface area contributed by atoms with Gasteiger partial charge in [-0.1, -0.05) is 24.3 Å². The van der Waals surface area contributed by atoms with Gasteiger partial charge in [-0.3, -0.25) is 9.59 Å². The van der Waals surface area contributed by atoms with Crippen molar-refractivity contribution in [1.29, 1.82) is 0 Å². The van der Waals surface area contributed by atoms with E-state index in [2.05, 4.69) is 10.6 Å². The number of hydrogen-bond donors (Lipinski definition) is 2. The van der Waals surface area contributed by atoms with Gasteiger partial charge < -0.3 is 15.4 Å². The Balaban J connectivity index is 1.84. The Morgan fingerprint density at radius 2 is 1.81 bits per heavy atom. The second-order valence-electron chi connectivity index (χ2n) is 5.67. The Morgan fingerprint density at radius 1 is 1.04 bits per heavy atom. The number of amides is 2. The molecule has 2 aromatic rings. The Morgan fingerprint density at radius 3 is 2.54 bits per heavy atom. The third kappa shape index (κ3) is 5.44. The van der Waals surface area contributed by atoms with Crippen LogP contribution in [0.1, 0.15) is 39.6 Å². The minimum Gasteiger partial charge on any atom is -0.462 e. The molecule has 136 valence electrons. The van der Waals surface area contributed by atoms with Crippen LogP contribution in [0.3, 0.4) is 0 Å². The van der Waals surface area contributed by atoms with Crippen LogP contribution in [0.25, 0.3) is 0 Å². The minimum atomic E-state index is -0.436. The molecule has 0 saturated heterocycles. The van der Waals surface area contributed by atoms with E-state index in [1.165, 1.54) is 0 Å². The summed E-state index contributed by atoms with van der Waals surface area (Å²) in [5, 5.41) is 5.44. The molecule has 0 bridgehead atoms. The molecule has 2 aromatic carbocycles. The molecule has 0 heterocycles. The molecule has 0 aromatic heterocycles. The van der Waals surface area contributed by atoms with Gasteiger partial charge in [0.25, 0.3) is 5.91 Å². The summed E-state index contributed by atoms with van der Waals surface area (Å²) >= 11 is 0. The number of aryl methyl sites for hydroxylation is 1. The highest BCUT2D eigenvalue weighted by Gasteiger charge is 2.10. The van der Waals surface area contributed by atoms with Crippen LogP contribution in [0.5, 0.6) is 0 Å². The van der Waals surface area contributed by atoms with Gasteiger partial charge in [-0.05, 0) is 43.7 Å². The van der Waals surface area contributed by atoms with E-state index in [0.29, 0.717) is 16.8 Å². The number of benzene rings is 2. The second kappa shape index (κ2) is 9.36. The summed E-state index contributed by atoms with van der Waals surface area (Å²) in [6.45, 7) is 4.10. The number of nitrogens with one attached hydrogen (secondary N) is 2. The van der Waals surface area contributed by atoms with Crippen LogP contribution in [-0.4, -0.2) is 30.9 Å². The summed E-state index contributed by atoms with van der Waals surface area (Å²) in [4.78, 5) is 35.8. The number of carbonyl (C=O) groups excluding carboxylic acids is 3. The van der Waals surface area contributed by atoms with Crippen LogP contribution in [0.15, 0.2) is 48.5 Å². The van der Waals surface area contributed by atoms with E-state index in [-0.39, 0.29) is 31.4 Å². The predicted molar refractivity (Wildman–Crippen MR) is 99.2 cm³/mol. The number of anilines is 1. The molecule has 0 fully saturated rings. The van der Waals surface area contributed by atoms with Crippen LogP contribution >= 0.6 is 0 Å². The highest BCUT2D eigenvalue weighted by atomic mass is 16.5. The molecule has 0 unspecified atom stereocenters. The largest absolute Gasteiger partial charge is 0.462 e. The maximum atomic E-state index is 12.1. The summed E-state index contributed by atoms with van der Waals surface area (Å²) in [5.74, 6) is -0.898. The lowest BCUT2D eigenvalue weighted by atomic mass is 10.1. The monoisotopic (exact) mass is 354 g/mol. The first-order chi connectivity index (χ1) is 12.5. The van der Waals surface area contributed by atoms with E-state index < -0.39 is 5.97 Å². The van der Waals surface area contributed by atoms with Crippen molar-refractivity contribution in [2.75, 3.05) is 18.5 Å². The summed E-state index contributed by atoms with van der Waals surface area (Å²) < 4.78 is 4.93. The SMILES string of the molecule is CCOC(=O)c1cccc(NC(=O)CCNC(=O)c2ccccc2C)c1. The van der Waals surface area contributed by atoms with Crippen molar-refractivity contribution < 1.29 is 19.1 Å². The summed E-state index contributed by atoms with van der Waals surface area (Å²) in [5.41, 5.74) is 2.35. The highest BCUT2D eigenvalue weighted by molar-refractivity contribution is 5.97. The number of carbonyl (C=O) groups is 3. The lowest BCUT2D eigenvalue weighted by Crippen LogP contribution is -2.28. The lowest BCUT2D eigenvalue weighted by Gasteiger charge is -2.09. The average molecular weight is 354 g/mol. The number of ether oxygens (including phenoxy) is 1. The zero-order valence-electron chi connectivity index (χ0n) is 14.9. The van der Waals surface area contributed by atoms with E-state index in [4.69, 9.17) is 4.74 Å². The van der Waals surface area contributed by atoms with E-state index in [1.54, 1.807) is 43.3 Å². The first-order valence-corrected chi connectivity index (χ1v) is 8.42. The molecule has 2 rings (SSSR count). The van der Waals surface area contributed by atoms with E-state index in [9.17, 15) is 14.4 Å². The summed E-state index contributed by atoms with van der Waals surface area (Å²) in [6, 6.07) is 13.8. The highest BCUT2D eigenvalue weighted by Crippen LogP contribution is 2.12. The first-order valence-electron chi connectivity index (χ1n) is 8.42. The molecular weight excluding hydrogens is 332 g/mol. The molecule has 0 saturated carbocycles. The van der Waals surface area contributed by atoms with Crippen LogP contribution < -0.4 is 10.6 Å². The first kappa shape index (κ1) is 19.2. The van der Waals surface area contributed by atoms with Gasteiger partial charge in [0.15, 0.2) is 0 Å². The Labute approximate surface area is 152 Å². The summed E-state index contributed by atoms with van der Waals surface area (Å²) in [7, 11) is 0. The van der Waals surface area contributed by atoms with E-state index >= 15 is 0 Å². The predicted octanol–water partition coefficient (Wildman–Crippen LogP) is 2.93. The molecular formula is C20H22N2O4. The van der Waals surface area contributed by atoms with Crippen molar-refractivity contribution in [3.63, 3.8) is 0 Å². The molecule has 2 N–H and O–H groups in total. The molecule has 0 aliphatic carbocycles. The number of esters is 1.